The molecule has 2 rings (SSSR count). The number of aryl methyl sites for hydroxylation is 2. The number of fused-ring (bicyclic) bond motifs is 1. The van der Waals surface area contributed by atoms with Crippen LogP contribution in [0.15, 0.2) is 24.4 Å². The molecule has 0 radical (unpaired) electrons. The lowest BCUT2D eigenvalue weighted by Gasteiger charge is -2.04. The Morgan fingerprint density at radius 3 is 2.84 bits per heavy atom. The first-order valence-electron chi connectivity index (χ1n) is 6.77. The van der Waals surface area contributed by atoms with E-state index >= 15 is 0 Å². The van der Waals surface area contributed by atoms with Crippen molar-refractivity contribution in [1.82, 2.24) is 4.57 Å². The third kappa shape index (κ3) is 3.08. The third-order valence-electron chi connectivity index (χ3n) is 3.38. The lowest BCUT2D eigenvalue weighted by atomic mass is 10.1. The molecule has 2 aromatic rings. The van der Waals surface area contributed by atoms with Crippen molar-refractivity contribution >= 4 is 10.9 Å². The molecule has 0 fully saturated rings. The van der Waals surface area contributed by atoms with Gasteiger partial charge in [-0.05, 0) is 49.6 Å². The highest BCUT2D eigenvalue weighted by molar-refractivity contribution is 5.85. The first kappa shape index (κ1) is 13.9. The number of ether oxygens (including phenoxy) is 1. The van der Waals surface area contributed by atoms with Crippen molar-refractivity contribution in [2.75, 3.05) is 20.3 Å². The van der Waals surface area contributed by atoms with Crippen LogP contribution in [0.2, 0.25) is 0 Å². The van der Waals surface area contributed by atoms with Crippen LogP contribution in [0.4, 0.5) is 0 Å². The van der Waals surface area contributed by atoms with Gasteiger partial charge in [0.25, 0.3) is 0 Å². The Bertz CT molecular complexity index is 534. The van der Waals surface area contributed by atoms with E-state index in [1.807, 2.05) is 6.07 Å². The highest BCUT2D eigenvalue weighted by Crippen LogP contribution is 2.27. The number of hydrogen-bond donors (Lipinski definition) is 2. The highest BCUT2D eigenvalue weighted by Gasteiger charge is 2.09. The van der Waals surface area contributed by atoms with Gasteiger partial charge in [0.15, 0.2) is 0 Å². The van der Waals surface area contributed by atoms with Gasteiger partial charge in [0.05, 0.1) is 7.11 Å². The number of rotatable bonds is 7. The molecule has 0 atom stereocenters. The number of aliphatic hydroxyl groups is 1. The van der Waals surface area contributed by atoms with Crippen LogP contribution in [-0.4, -0.2) is 29.9 Å². The molecule has 0 unspecified atom stereocenters. The van der Waals surface area contributed by atoms with Gasteiger partial charge in [-0.15, -0.1) is 0 Å². The molecular weight excluding hydrogens is 240 g/mol. The third-order valence-corrected chi connectivity index (χ3v) is 3.38. The second-order valence-electron chi connectivity index (χ2n) is 4.70. The van der Waals surface area contributed by atoms with Crippen LogP contribution < -0.4 is 10.5 Å². The Hall–Kier alpha value is -1.52. The summed E-state index contributed by atoms with van der Waals surface area (Å²) in [6.07, 6.45) is 4.91. The molecule has 0 aliphatic carbocycles. The van der Waals surface area contributed by atoms with Crippen LogP contribution in [0.1, 0.15) is 18.4 Å². The van der Waals surface area contributed by atoms with Crippen LogP contribution in [0, 0.1) is 0 Å². The number of hydrogen-bond acceptors (Lipinski definition) is 3. The Balaban J connectivity index is 2.40. The Kier molecular flexibility index (Phi) is 4.82. The Labute approximate surface area is 113 Å². The lowest BCUT2D eigenvalue weighted by molar-refractivity contribution is 0.280. The zero-order valence-electron chi connectivity index (χ0n) is 11.4. The van der Waals surface area contributed by atoms with Crippen LogP contribution >= 0.6 is 0 Å². The van der Waals surface area contributed by atoms with E-state index in [0.29, 0.717) is 6.54 Å². The SMILES string of the molecule is COc1ccc2c(c1)c(CCCN)cn2CCCO. The first-order valence-corrected chi connectivity index (χ1v) is 6.77. The maximum Gasteiger partial charge on any atom is 0.119 e. The molecule has 4 nitrogen and oxygen atoms in total. The van der Waals surface area contributed by atoms with E-state index < -0.39 is 0 Å². The van der Waals surface area contributed by atoms with Gasteiger partial charge in [-0.2, -0.15) is 0 Å². The first-order chi connectivity index (χ1) is 9.30. The van der Waals surface area contributed by atoms with E-state index in [4.69, 9.17) is 15.6 Å². The van der Waals surface area contributed by atoms with E-state index in [0.717, 1.165) is 31.6 Å². The molecule has 0 aliphatic heterocycles. The number of nitrogens with two attached hydrogens (primary N) is 1. The number of aliphatic hydroxyl groups excluding tert-OH is 1. The molecule has 104 valence electrons. The van der Waals surface area contributed by atoms with Gasteiger partial charge in [-0.25, -0.2) is 0 Å². The largest absolute Gasteiger partial charge is 0.497 e. The van der Waals surface area contributed by atoms with Gasteiger partial charge in [-0.3, -0.25) is 0 Å². The molecule has 4 heteroatoms. The minimum Gasteiger partial charge on any atom is -0.497 e. The predicted molar refractivity (Wildman–Crippen MR) is 77.6 cm³/mol. The fourth-order valence-electron chi connectivity index (χ4n) is 2.39. The van der Waals surface area contributed by atoms with E-state index in [9.17, 15) is 0 Å². The van der Waals surface area contributed by atoms with E-state index in [-0.39, 0.29) is 6.61 Å². The van der Waals surface area contributed by atoms with Gasteiger partial charge in [-0.1, -0.05) is 0 Å². The van der Waals surface area contributed by atoms with Gasteiger partial charge in [0, 0.05) is 30.3 Å². The van der Waals surface area contributed by atoms with Gasteiger partial charge in [0.2, 0.25) is 0 Å². The summed E-state index contributed by atoms with van der Waals surface area (Å²) in [7, 11) is 1.68. The van der Waals surface area contributed by atoms with Gasteiger partial charge >= 0.3 is 0 Å². The smallest absolute Gasteiger partial charge is 0.119 e. The molecule has 19 heavy (non-hydrogen) atoms. The average Bonchev–Trinajstić information content (AvgIpc) is 2.80. The van der Waals surface area contributed by atoms with Crippen molar-refractivity contribution < 1.29 is 9.84 Å². The molecule has 0 aliphatic rings. The summed E-state index contributed by atoms with van der Waals surface area (Å²) >= 11 is 0. The number of aromatic nitrogens is 1. The Morgan fingerprint density at radius 1 is 1.32 bits per heavy atom. The molecule has 0 bridgehead atoms. The zero-order chi connectivity index (χ0) is 13.7. The molecule has 1 aromatic heterocycles. The quantitative estimate of drug-likeness (QED) is 0.801. The van der Waals surface area contributed by atoms with Crippen molar-refractivity contribution in [3.05, 3.63) is 30.0 Å². The van der Waals surface area contributed by atoms with Crippen molar-refractivity contribution in [2.24, 2.45) is 5.73 Å². The summed E-state index contributed by atoms with van der Waals surface area (Å²) in [6, 6.07) is 6.14. The van der Waals surface area contributed by atoms with E-state index in [2.05, 4.69) is 22.9 Å². The van der Waals surface area contributed by atoms with Crippen molar-refractivity contribution in [1.29, 1.82) is 0 Å². The topological polar surface area (TPSA) is 60.4 Å². The highest BCUT2D eigenvalue weighted by atomic mass is 16.5. The lowest BCUT2D eigenvalue weighted by Crippen LogP contribution is -2.00. The normalized spacial score (nSPS) is 11.1. The number of methoxy groups -OCH3 is 1. The summed E-state index contributed by atoms with van der Waals surface area (Å²) in [5.74, 6) is 0.876. The fourth-order valence-corrected chi connectivity index (χ4v) is 2.39. The van der Waals surface area contributed by atoms with Gasteiger partial charge < -0.3 is 20.1 Å². The summed E-state index contributed by atoms with van der Waals surface area (Å²) in [5, 5.41) is 10.2. The Morgan fingerprint density at radius 2 is 2.16 bits per heavy atom. The molecular formula is C15H22N2O2. The minimum absolute atomic E-state index is 0.216. The predicted octanol–water partition coefficient (Wildman–Crippen LogP) is 1.92. The van der Waals surface area contributed by atoms with Crippen molar-refractivity contribution in [3.8, 4) is 5.75 Å². The number of benzene rings is 1. The molecule has 0 saturated heterocycles. The van der Waals surface area contributed by atoms with Crippen molar-refractivity contribution in [3.63, 3.8) is 0 Å². The molecule has 0 spiro atoms. The standard InChI is InChI=1S/C15H22N2O2/c1-19-13-5-6-15-14(10-13)12(4-2-7-16)11-17(15)8-3-9-18/h5-6,10-11,18H,2-4,7-9,16H2,1H3. The van der Waals surface area contributed by atoms with Crippen LogP contribution in [0.3, 0.4) is 0 Å². The average molecular weight is 262 g/mol. The van der Waals surface area contributed by atoms with Crippen LogP contribution in [-0.2, 0) is 13.0 Å². The van der Waals surface area contributed by atoms with Crippen molar-refractivity contribution in [2.45, 2.75) is 25.8 Å². The van der Waals surface area contributed by atoms with Crippen LogP contribution in [0.5, 0.6) is 5.75 Å². The zero-order valence-corrected chi connectivity index (χ0v) is 11.4. The van der Waals surface area contributed by atoms with Gasteiger partial charge in [0.1, 0.15) is 5.75 Å². The maximum atomic E-state index is 8.98. The molecule has 0 saturated carbocycles. The molecule has 1 aromatic carbocycles. The number of nitrogens with zero attached hydrogens (tertiary/aromatic N) is 1. The summed E-state index contributed by atoms with van der Waals surface area (Å²) < 4.78 is 7.50. The molecule has 1 heterocycles. The second kappa shape index (κ2) is 6.59. The summed E-state index contributed by atoms with van der Waals surface area (Å²) in [6.45, 7) is 1.75. The second-order valence-corrected chi connectivity index (χ2v) is 4.70. The minimum atomic E-state index is 0.216. The molecule has 3 N–H and O–H groups in total. The van der Waals surface area contributed by atoms with E-state index in [1.165, 1.54) is 16.5 Å². The summed E-state index contributed by atoms with van der Waals surface area (Å²) in [5.41, 5.74) is 8.10. The van der Waals surface area contributed by atoms with Crippen LogP contribution in [0.25, 0.3) is 10.9 Å². The fraction of sp³-hybridized carbons (Fsp3) is 0.467. The van der Waals surface area contributed by atoms with E-state index in [1.54, 1.807) is 7.11 Å². The maximum absolute atomic E-state index is 8.98. The summed E-state index contributed by atoms with van der Waals surface area (Å²) in [4.78, 5) is 0. The monoisotopic (exact) mass is 262 g/mol. The molecule has 0 amide bonds.